The van der Waals surface area contributed by atoms with Gasteiger partial charge in [0.05, 0.1) is 4.90 Å². The third kappa shape index (κ3) is 3.10. The van der Waals surface area contributed by atoms with Gasteiger partial charge in [-0.05, 0) is 63.0 Å². The lowest BCUT2D eigenvalue weighted by atomic mass is 10.1. The summed E-state index contributed by atoms with van der Waals surface area (Å²) in [5.41, 5.74) is 2.11. The Morgan fingerprint density at radius 2 is 1.83 bits per heavy atom. The predicted molar refractivity (Wildman–Crippen MR) is 72.1 cm³/mol. The molecule has 1 aliphatic rings. The van der Waals surface area contributed by atoms with E-state index in [1.165, 1.54) is 0 Å². The van der Waals surface area contributed by atoms with Crippen molar-refractivity contribution in [1.82, 2.24) is 10.0 Å². The van der Waals surface area contributed by atoms with E-state index >= 15 is 0 Å². The van der Waals surface area contributed by atoms with Gasteiger partial charge in [-0.1, -0.05) is 6.07 Å². The molecule has 1 saturated heterocycles. The molecule has 0 atom stereocenters. The number of piperidine rings is 1. The lowest BCUT2D eigenvalue weighted by molar-refractivity contribution is 0.427. The smallest absolute Gasteiger partial charge is 0.240 e. The van der Waals surface area contributed by atoms with E-state index in [0.29, 0.717) is 4.90 Å². The molecule has 1 heterocycles. The molecule has 4 nitrogen and oxygen atoms in total. The first kappa shape index (κ1) is 13.5. The van der Waals surface area contributed by atoms with Gasteiger partial charge in [0.2, 0.25) is 10.0 Å². The van der Waals surface area contributed by atoms with Crippen molar-refractivity contribution in [2.75, 3.05) is 13.1 Å². The molecule has 2 N–H and O–H groups in total. The van der Waals surface area contributed by atoms with E-state index in [-0.39, 0.29) is 6.04 Å². The van der Waals surface area contributed by atoms with Gasteiger partial charge in [-0.15, -0.1) is 0 Å². The van der Waals surface area contributed by atoms with Crippen LogP contribution in [0.1, 0.15) is 24.0 Å². The number of hydrogen-bond donors (Lipinski definition) is 2. The molecule has 100 valence electrons. The van der Waals surface area contributed by atoms with Crippen molar-refractivity contribution in [2.24, 2.45) is 0 Å². The SMILES string of the molecule is Cc1ccc(S(=O)(=O)NC2CCNCC2)cc1C. The summed E-state index contributed by atoms with van der Waals surface area (Å²) >= 11 is 0. The molecule has 0 saturated carbocycles. The lowest BCUT2D eigenvalue weighted by Crippen LogP contribution is -2.42. The summed E-state index contributed by atoms with van der Waals surface area (Å²) in [6.07, 6.45) is 1.70. The third-order valence-corrected chi connectivity index (χ3v) is 4.97. The molecule has 0 bridgehead atoms. The molecule has 1 aromatic rings. The van der Waals surface area contributed by atoms with Crippen molar-refractivity contribution in [2.45, 2.75) is 37.6 Å². The summed E-state index contributed by atoms with van der Waals surface area (Å²) in [5, 5.41) is 3.22. The summed E-state index contributed by atoms with van der Waals surface area (Å²) in [6, 6.07) is 5.31. The van der Waals surface area contributed by atoms with Gasteiger partial charge < -0.3 is 5.32 Å². The van der Waals surface area contributed by atoms with Crippen molar-refractivity contribution in [3.8, 4) is 0 Å². The minimum Gasteiger partial charge on any atom is -0.317 e. The Hall–Kier alpha value is -0.910. The number of hydrogen-bond acceptors (Lipinski definition) is 3. The zero-order chi connectivity index (χ0) is 13.2. The molecule has 1 aliphatic heterocycles. The van der Waals surface area contributed by atoms with Gasteiger partial charge in [0, 0.05) is 6.04 Å². The van der Waals surface area contributed by atoms with Crippen LogP contribution in [0.25, 0.3) is 0 Å². The average molecular weight is 268 g/mol. The van der Waals surface area contributed by atoms with Gasteiger partial charge in [0.1, 0.15) is 0 Å². The zero-order valence-corrected chi connectivity index (χ0v) is 11.7. The molecule has 18 heavy (non-hydrogen) atoms. The second-order valence-corrected chi connectivity index (χ2v) is 6.61. The standard InChI is InChI=1S/C13H20N2O2S/c1-10-3-4-13(9-11(10)2)18(16,17)15-12-5-7-14-8-6-12/h3-4,9,12,14-15H,5-8H2,1-2H3. The summed E-state index contributed by atoms with van der Waals surface area (Å²) in [5.74, 6) is 0. The molecule has 0 amide bonds. The number of aryl methyl sites for hydroxylation is 2. The van der Waals surface area contributed by atoms with Crippen molar-refractivity contribution in [3.05, 3.63) is 29.3 Å². The Bertz CT molecular complexity index is 520. The van der Waals surface area contributed by atoms with Crippen LogP contribution in [0.5, 0.6) is 0 Å². The summed E-state index contributed by atoms with van der Waals surface area (Å²) in [7, 11) is -3.38. The van der Waals surface area contributed by atoms with E-state index in [9.17, 15) is 8.42 Å². The first-order valence-electron chi connectivity index (χ1n) is 6.29. The fourth-order valence-electron chi connectivity index (χ4n) is 2.11. The predicted octanol–water partition coefficient (Wildman–Crippen LogP) is 1.33. The molecule has 5 heteroatoms. The van der Waals surface area contributed by atoms with Crippen LogP contribution in [-0.2, 0) is 10.0 Å². The second-order valence-electron chi connectivity index (χ2n) is 4.89. The van der Waals surface area contributed by atoms with Crippen molar-refractivity contribution >= 4 is 10.0 Å². The third-order valence-electron chi connectivity index (χ3n) is 3.45. The Morgan fingerprint density at radius 1 is 1.17 bits per heavy atom. The average Bonchev–Trinajstić information content (AvgIpc) is 2.33. The van der Waals surface area contributed by atoms with Gasteiger partial charge in [-0.25, -0.2) is 13.1 Å². The maximum Gasteiger partial charge on any atom is 0.240 e. The van der Waals surface area contributed by atoms with Gasteiger partial charge >= 0.3 is 0 Å². The van der Waals surface area contributed by atoms with E-state index in [2.05, 4.69) is 10.0 Å². The Labute approximate surface area is 109 Å². The van der Waals surface area contributed by atoms with E-state index in [1.807, 2.05) is 19.9 Å². The van der Waals surface area contributed by atoms with Gasteiger partial charge in [0.15, 0.2) is 0 Å². The highest BCUT2D eigenvalue weighted by molar-refractivity contribution is 7.89. The number of sulfonamides is 1. The van der Waals surface area contributed by atoms with Crippen molar-refractivity contribution in [3.63, 3.8) is 0 Å². The summed E-state index contributed by atoms with van der Waals surface area (Å²) < 4.78 is 27.3. The molecule has 0 spiro atoms. The molecular formula is C13H20N2O2S. The topological polar surface area (TPSA) is 58.2 Å². The van der Waals surface area contributed by atoms with E-state index in [1.54, 1.807) is 12.1 Å². The first-order chi connectivity index (χ1) is 8.49. The normalized spacial score (nSPS) is 17.9. The molecular weight excluding hydrogens is 248 g/mol. The van der Waals surface area contributed by atoms with Crippen LogP contribution in [0.2, 0.25) is 0 Å². The minimum absolute atomic E-state index is 0.0536. The van der Waals surface area contributed by atoms with Crippen molar-refractivity contribution in [1.29, 1.82) is 0 Å². The summed E-state index contributed by atoms with van der Waals surface area (Å²) in [4.78, 5) is 0.365. The van der Waals surface area contributed by atoms with Gasteiger partial charge in [-0.2, -0.15) is 0 Å². The van der Waals surface area contributed by atoms with Gasteiger partial charge in [0.25, 0.3) is 0 Å². The molecule has 0 aromatic heterocycles. The molecule has 0 unspecified atom stereocenters. The zero-order valence-electron chi connectivity index (χ0n) is 10.9. The lowest BCUT2D eigenvalue weighted by Gasteiger charge is -2.23. The maximum absolute atomic E-state index is 12.2. The van der Waals surface area contributed by atoms with Crippen LogP contribution in [0.15, 0.2) is 23.1 Å². The Morgan fingerprint density at radius 3 is 2.44 bits per heavy atom. The van der Waals surface area contributed by atoms with Crippen LogP contribution < -0.4 is 10.0 Å². The largest absolute Gasteiger partial charge is 0.317 e. The van der Waals surface area contributed by atoms with Crippen LogP contribution in [0.3, 0.4) is 0 Å². The van der Waals surface area contributed by atoms with Crippen LogP contribution in [-0.4, -0.2) is 27.5 Å². The fourth-order valence-corrected chi connectivity index (χ4v) is 3.50. The number of nitrogens with one attached hydrogen (secondary N) is 2. The van der Waals surface area contributed by atoms with E-state index in [4.69, 9.17) is 0 Å². The highest BCUT2D eigenvalue weighted by Gasteiger charge is 2.21. The first-order valence-corrected chi connectivity index (χ1v) is 7.78. The Kier molecular flexibility index (Phi) is 4.04. The molecule has 1 fully saturated rings. The van der Waals surface area contributed by atoms with Crippen LogP contribution >= 0.6 is 0 Å². The molecule has 2 rings (SSSR count). The molecule has 0 aliphatic carbocycles. The Balaban J connectivity index is 2.16. The second kappa shape index (κ2) is 5.38. The quantitative estimate of drug-likeness (QED) is 0.869. The highest BCUT2D eigenvalue weighted by atomic mass is 32.2. The monoisotopic (exact) mass is 268 g/mol. The van der Waals surface area contributed by atoms with Gasteiger partial charge in [-0.3, -0.25) is 0 Å². The minimum atomic E-state index is -3.38. The van der Waals surface area contributed by atoms with Crippen molar-refractivity contribution < 1.29 is 8.42 Å². The molecule has 0 radical (unpaired) electrons. The summed E-state index contributed by atoms with van der Waals surface area (Å²) in [6.45, 7) is 5.66. The number of rotatable bonds is 3. The van der Waals surface area contributed by atoms with E-state index < -0.39 is 10.0 Å². The number of benzene rings is 1. The molecule has 1 aromatic carbocycles. The van der Waals surface area contributed by atoms with Crippen LogP contribution in [0.4, 0.5) is 0 Å². The fraction of sp³-hybridized carbons (Fsp3) is 0.538. The van der Waals surface area contributed by atoms with E-state index in [0.717, 1.165) is 37.1 Å². The maximum atomic E-state index is 12.2. The van der Waals surface area contributed by atoms with Crippen LogP contribution in [0, 0.1) is 13.8 Å². The highest BCUT2D eigenvalue weighted by Crippen LogP contribution is 2.16.